The summed E-state index contributed by atoms with van der Waals surface area (Å²) in [4.78, 5) is 13.8. The smallest absolute Gasteiger partial charge is 0.410 e. The van der Waals surface area contributed by atoms with E-state index in [1.54, 1.807) is 4.90 Å². The third-order valence-corrected chi connectivity index (χ3v) is 3.77. The Morgan fingerprint density at radius 3 is 2.43 bits per heavy atom. The van der Waals surface area contributed by atoms with Crippen LogP contribution in [0.15, 0.2) is 61.2 Å². The van der Waals surface area contributed by atoms with E-state index in [0.29, 0.717) is 32.1 Å². The van der Waals surface area contributed by atoms with Crippen LogP contribution in [0.4, 0.5) is 4.79 Å². The van der Waals surface area contributed by atoms with Crippen LogP contribution in [0.3, 0.4) is 0 Å². The highest BCUT2D eigenvalue weighted by Gasteiger charge is 2.19. The van der Waals surface area contributed by atoms with Gasteiger partial charge in [-0.05, 0) is 17.2 Å². The third kappa shape index (κ3) is 3.79. The molecule has 1 aliphatic rings. The predicted molar refractivity (Wildman–Crippen MR) is 89.8 cm³/mol. The molecule has 1 fully saturated rings. The molecular formula is C19H19NO3. The van der Waals surface area contributed by atoms with E-state index in [0.717, 1.165) is 16.7 Å². The van der Waals surface area contributed by atoms with Crippen molar-refractivity contribution in [3.05, 3.63) is 66.7 Å². The van der Waals surface area contributed by atoms with Crippen LogP contribution < -0.4 is 0 Å². The molecule has 0 saturated carbocycles. The van der Waals surface area contributed by atoms with Crippen LogP contribution in [0.1, 0.15) is 5.56 Å². The number of hydrogen-bond acceptors (Lipinski definition) is 3. The lowest BCUT2D eigenvalue weighted by Crippen LogP contribution is -2.40. The van der Waals surface area contributed by atoms with Gasteiger partial charge in [0.25, 0.3) is 0 Å². The second-order valence-electron chi connectivity index (χ2n) is 5.34. The first-order chi connectivity index (χ1) is 11.2. The molecule has 0 atom stereocenters. The van der Waals surface area contributed by atoms with Crippen LogP contribution in [0.2, 0.25) is 0 Å². The van der Waals surface area contributed by atoms with E-state index in [1.165, 1.54) is 0 Å². The highest BCUT2D eigenvalue weighted by Crippen LogP contribution is 2.24. The van der Waals surface area contributed by atoms with Crippen molar-refractivity contribution in [2.45, 2.75) is 0 Å². The van der Waals surface area contributed by atoms with Crippen molar-refractivity contribution < 1.29 is 14.3 Å². The lowest BCUT2D eigenvalue weighted by atomic mass is 10.0. The van der Waals surface area contributed by atoms with Gasteiger partial charge >= 0.3 is 6.09 Å². The van der Waals surface area contributed by atoms with Crippen molar-refractivity contribution in [2.24, 2.45) is 0 Å². The van der Waals surface area contributed by atoms with Gasteiger partial charge < -0.3 is 14.4 Å². The Kier molecular flexibility index (Phi) is 4.74. The molecule has 2 aromatic rings. The Balaban J connectivity index is 1.71. The summed E-state index contributed by atoms with van der Waals surface area (Å²) >= 11 is 0. The molecule has 1 aliphatic heterocycles. The molecule has 4 nitrogen and oxygen atoms in total. The van der Waals surface area contributed by atoms with Crippen LogP contribution >= 0.6 is 0 Å². The monoisotopic (exact) mass is 309 g/mol. The largest absolute Gasteiger partial charge is 0.415 e. The zero-order valence-electron chi connectivity index (χ0n) is 12.9. The van der Waals surface area contributed by atoms with E-state index < -0.39 is 0 Å². The number of hydrogen-bond donors (Lipinski definition) is 0. The summed E-state index contributed by atoms with van der Waals surface area (Å²) in [6.45, 7) is 6.09. The first-order valence-electron chi connectivity index (χ1n) is 7.63. The molecule has 2 aromatic carbocycles. The maximum absolute atomic E-state index is 12.1. The molecule has 0 spiro atoms. The molecule has 0 N–H and O–H groups in total. The molecular weight excluding hydrogens is 290 g/mol. The van der Waals surface area contributed by atoms with E-state index in [9.17, 15) is 4.79 Å². The van der Waals surface area contributed by atoms with Gasteiger partial charge in [-0.25, -0.2) is 4.79 Å². The van der Waals surface area contributed by atoms with Gasteiger partial charge in [0.15, 0.2) is 0 Å². The van der Waals surface area contributed by atoms with E-state index in [-0.39, 0.29) is 6.09 Å². The topological polar surface area (TPSA) is 38.8 Å². The van der Waals surface area contributed by atoms with Gasteiger partial charge in [-0.3, -0.25) is 0 Å². The van der Waals surface area contributed by atoms with Crippen molar-refractivity contribution in [3.8, 4) is 11.1 Å². The normalized spacial score (nSPS) is 14.3. The average Bonchev–Trinajstić information content (AvgIpc) is 2.63. The number of benzene rings is 2. The Bertz CT molecular complexity index is 691. The fourth-order valence-electron chi connectivity index (χ4n) is 2.48. The molecule has 118 valence electrons. The van der Waals surface area contributed by atoms with E-state index >= 15 is 0 Å². The Morgan fingerprint density at radius 1 is 1.00 bits per heavy atom. The first kappa shape index (κ1) is 15.3. The van der Waals surface area contributed by atoms with Gasteiger partial charge in [-0.15, -0.1) is 0 Å². The van der Waals surface area contributed by atoms with Crippen molar-refractivity contribution >= 4 is 11.9 Å². The molecule has 0 radical (unpaired) electrons. The van der Waals surface area contributed by atoms with Gasteiger partial charge in [0.1, 0.15) is 5.76 Å². The van der Waals surface area contributed by atoms with Crippen LogP contribution in [0, 0.1) is 0 Å². The number of carbonyl (C=O) groups is 1. The zero-order valence-corrected chi connectivity index (χ0v) is 12.9. The second-order valence-corrected chi connectivity index (χ2v) is 5.34. The summed E-state index contributed by atoms with van der Waals surface area (Å²) < 4.78 is 10.6. The second kappa shape index (κ2) is 7.11. The van der Waals surface area contributed by atoms with Crippen LogP contribution in [-0.4, -0.2) is 37.3 Å². The number of carbonyl (C=O) groups excluding carboxylic acids is 1. The number of morpholine rings is 1. The maximum Gasteiger partial charge on any atom is 0.415 e. The summed E-state index contributed by atoms with van der Waals surface area (Å²) in [5.74, 6) is 0.360. The summed E-state index contributed by atoms with van der Waals surface area (Å²) in [6.07, 6.45) is -0.372. The molecule has 1 heterocycles. The SMILES string of the molecule is C=C(OC(=O)N1CCOCC1)c1cccc(-c2ccccc2)c1. The summed E-state index contributed by atoms with van der Waals surface area (Å²) in [6, 6.07) is 17.9. The summed E-state index contributed by atoms with van der Waals surface area (Å²) in [5, 5.41) is 0. The highest BCUT2D eigenvalue weighted by molar-refractivity contribution is 5.78. The third-order valence-electron chi connectivity index (χ3n) is 3.77. The van der Waals surface area contributed by atoms with Gasteiger partial charge in [0.05, 0.1) is 13.2 Å². The number of rotatable bonds is 3. The first-order valence-corrected chi connectivity index (χ1v) is 7.63. The molecule has 3 rings (SSSR count). The molecule has 0 unspecified atom stereocenters. The van der Waals surface area contributed by atoms with Crippen LogP contribution in [-0.2, 0) is 9.47 Å². The quantitative estimate of drug-likeness (QED) is 0.810. The van der Waals surface area contributed by atoms with Crippen molar-refractivity contribution in [1.29, 1.82) is 0 Å². The minimum absolute atomic E-state index is 0.360. The molecule has 0 aromatic heterocycles. The van der Waals surface area contributed by atoms with Crippen molar-refractivity contribution in [1.82, 2.24) is 4.90 Å². The fourth-order valence-corrected chi connectivity index (χ4v) is 2.48. The van der Waals surface area contributed by atoms with Crippen molar-refractivity contribution in [2.75, 3.05) is 26.3 Å². The number of ether oxygens (including phenoxy) is 2. The Labute approximate surface area is 135 Å². The average molecular weight is 309 g/mol. The van der Waals surface area contributed by atoms with Crippen LogP contribution in [0.25, 0.3) is 16.9 Å². The van der Waals surface area contributed by atoms with Gasteiger partial charge in [-0.2, -0.15) is 0 Å². The summed E-state index contributed by atoms with van der Waals surface area (Å²) in [7, 11) is 0. The molecule has 1 amide bonds. The van der Waals surface area contributed by atoms with Gasteiger partial charge in [0.2, 0.25) is 0 Å². The molecule has 1 saturated heterocycles. The number of amides is 1. The Hall–Kier alpha value is -2.59. The fraction of sp³-hybridized carbons (Fsp3) is 0.211. The van der Waals surface area contributed by atoms with E-state index in [1.807, 2.05) is 54.6 Å². The standard InChI is InChI=1S/C19H19NO3/c1-15(23-19(21)20-10-12-22-13-11-20)17-8-5-9-18(14-17)16-6-3-2-4-7-16/h2-9,14H,1,10-13H2. The zero-order chi connectivity index (χ0) is 16.1. The lowest BCUT2D eigenvalue weighted by molar-refractivity contribution is 0.0391. The van der Waals surface area contributed by atoms with Gasteiger partial charge in [0, 0.05) is 18.7 Å². The molecule has 23 heavy (non-hydrogen) atoms. The number of nitrogens with zero attached hydrogens (tertiary/aromatic N) is 1. The molecule has 0 aliphatic carbocycles. The lowest BCUT2D eigenvalue weighted by Gasteiger charge is -2.26. The van der Waals surface area contributed by atoms with Crippen molar-refractivity contribution in [3.63, 3.8) is 0 Å². The Morgan fingerprint density at radius 2 is 1.70 bits per heavy atom. The van der Waals surface area contributed by atoms with E-state index in [4.69, 9.17) is 9.47 Å². The molecule has 4 heteroatoms. The molecule has 0 bridgehead atoms. The van der Waals surface area contributed by atoms with Crippen LogP contribution in [0.5, 0.6) is 0 Å². The minimum Gasteiger partial charge on any atom is -0.410 e. The van der Waals surface area contributed by atoms with E-state index in [2.05, 4.69) is 6.58 Å². The maximum atomic E-state index is 12.1. The van der Waals surface area contributed by atoms with Gasteiger partial charge in [-0.1, -0.05) is 55.1 Å². The predicted octanol–water partition coefficient (Wildman–Crippen LogP) is 3.79. The highest BCUT2D eigenvalue weighted by atomic mass is 16.6. The minimum atomic E-state index is -0.372. The summed E-state index contributed by atoms with van der Waals surface area (Å²) in [5.41, 5.74) is 2.97.